The van der Waals surface area contributed by atoms with Crippen LogP contribution in [-0.2, 0) is 27.8 Å². The second-order valence-electron chi connectivity index (χ2n) is 3.90. The van der Waals surface area contributed by atoms with Crippen molar-refractivity contribution < 1.29 is 14.1 Å². The molecule has 0 aliphatic heterocycles. The van der Waals surface area contributed by atoms with Gasteiger partial charge in [-0.2, -0.15) is 0 Å². The van der Waals surface area contributed by atoms with Gasteiger partial charge in [0.25, 0.3) is 0 Å². The Morgan fingerprint density at radius 2 is 1.95 bits per heavy atom. The lowest BCUT2D eigenvalue weighted by Gasteiger charge is -2.03. The summed E-state index contributed by atoms with van der Waals surface area (Å²) in [6.45, 7) is 0. The smallest absolute Gasteiger partial charge is 0.307 e. The highest BCUT2D eigenvalue weighted by molar-refractivity contribution is 9.10. The number of halogens is 1. The lowest BCUT2D eigenvalue weighted by Crippen LogP contribution is -2.00. The zero-order valence-electron chi connectivity index (χ0n) is 9.84. The Kier molecular flexibility index (Phi) is 4.90. The maximum Gasteiger partial charge on any atom is 0.307 e. The molecular weight excluding hydrogens is 348 g/mol. The molecule has 0 spiro atoms. The summed E-state index contributed by atoms with van der Waals surface area (Å²) in [5.74, 6) is -0.396. The minimum Gasteiger partial charge on any atom is -0.481 e. The van der Waals surface area contributed by atoms with Gasteiger partial charge in [0.1, 0.15) is 0 Å². The molecule has 6 heteroatoms. The highest BCUT2D eigenvalue weighted by Gasteiger charge is 2.09. The summed E-state index contributed by atoms with van der Waals surface area (Å²) < 4.78 is 13.2. The van der Waals surface area contributed by atoms with E-state index in [9.17, 15) is 9.00 Å². The highest BCUT2D eigenvalue weighted by atomic mass is 79.9. The molecule has 1 N–H and O–H groups in total. The molecule has 0 saturated carbocycles. The van der Waals surface area contributed by atoms with Gasteiger partial charge in [0.2, 0.25) is 0 Å². The van der Waals surface area contributed by atoms with Crippen LogP contribution in [0.15, 0.2) is 45.1 Å². The topological polar surface area (TPSA) is 54.4 Å². The van der Waals surface area contributed by atoms with E-state index in [1.54, 1.807) is 35.6 Å². The van der Waals surface area contributed by atoms with E-state index >= 15 is 0 Å². The number of hydrogen-bond acceptors (Lipinski definition) is 3. The normalized spacial score (nSPS) is 12.3. The molecule has 0 radical (unpaired) electrons. The first kappa shape index (κ1) is 14.4. The van der Waals surface area contributed by atoms with Crippen molar-refractivity contribution in [3.8, 4) is 0 Å². The molecule has 0 amide bonds. The third kappa shape index (κ3) is 3.99. The number of benzene rings is 1. The number of thiophene rings is 1. The Morgan fingerprint density at radius 1 is 1.26 bits per heavy atom. The minimum absolute atomic E-state index is 0.0105. The lowest BCUT2D eigenvalue weighted by atomic mass is 10.2. The zero-order chi connectivity index (χ0) is 13.8. The van der Waals surface area contributed by atoms with Crippen LogP contribution in [0.5, 0.6) is 0 Å². The molecule has 0 aliphatic carbocycles. The largest absolute Gasteiger partial charge is 0.481 e. The van der Waals surface area contributed by atoms with Crippen LogP contribution in [0.4, 0.5) is 0 Å². The standard InChI is InChI=1S/C13H11BrO3S2/c14-11-5-6-18-12(11)8-19(17)10-3-1-9(2-4-10)7-13(15)16/h1-6H,7-8H2,(H,15,16). The molecule has 2 rings (SSSR count). The molecule has 1 heterocycles. The van der Waals surface area contributed by atoms with Crippen LogP contribution < -0.4 is 0 Å². The number of rotatable bonds is 5. The van der Waals surface area contributed by atoms with Crippen molar-refractivity contribution in [1.82, 2.24) is 0 Å². The van der Waals surface area contributed by atoms with E-state index in [1.165, 1.54) is 0 Å². The Balaban J connectivity index is 2.07. The molecule has 0 fully saturated rings. The highest BCUT2D eigenvalue weighted by Crippen LogP contribution is 2.25. The van der Waals surface area contributed by atoms with E-state index in [1.807, 2.05) is 11.4 Å². The summed E-state index contributed by atoms with van der Waals surface area (Å²) in [4.78, 5) is 12.3. The van der Waals surface area contributed by atoms with Gasteiger partial charge >= 0.3 is 5.97 Å². The first-order valence-electron chi connectivity index (χ1n) is 5.47. The monoisotopic (exact) mass is 358 g/mol. The van der Waals surface area contributed by atoms with Crippen molar-refractivity contribution >= 4 is 44.0 Å². The number of carboxylic acid groups (broad SMARTS) is 1. The van der Waals surface area contributed by atoms with E-state index in [-0.39, 0.29) is 6.42 Å². The van der Waals surface area contributed by atoms with Gasteiger partial charge in [-0.05, 0) is 45.1 Å². The molecule has 19 heavy (non-hydrogen) atoms. The van der Waals surface area contributed by atoms with Gasteiger partial charge in [-0.1, -0.05) is 12.1 Å². The van der Waals surface area contributed by atoms with E-state index in [0.717, 1.165) is 14.2 Å². The molecule has 100 valence electrons. The summed E-state index contributed by atoms with van der Waals surface area (Å²) >= 11 is 4.98. The molecular formula is C13H11BrO3S2. The summed E-state index contributed by atoms with van der Waals surface area (Å²) in [6.07, 6.45) is -0.0105. The fraction of sp³-hybridized carbons (Fsp3) is 0.154. The fourth-order valence-corrected chi connectivity index (χ4v) is 4.62. The average molecular weight is 359 g/mol. The Hall–Kier alpha value is -0.980. The molecule has 0 saturated heterocycles. The number of carboxylic acids is 1. The second-order valence-corrected chi connectivity index (χ2v) is 7.20. The third-order valence-corrected chi connectivity index (χ3v) is 5.95. The minimum atomic E-state index is -1.11. The molecule has 0 aliphatic rings. The quantitative estimate of drug-likeness (QED) is 0.890. The summed E-state index contributed by atoms with van der Waals surface area (Å²) in [5.41, 5.74) is 0.713. The summed E-state index contributed by atoms with van der Waals surface area (Å²) in [6, 6.07) is 8.83. The molecule has 3 nitrogen and oxygen atoms in total. The van der Waals surface area contributed by atoms with Crippen LogP contribution in [0.2, 0.25) is 0 Å². The number of carbonyl (C=O) groups is 1. The summed E-state index contributed by atoms with van der Waals surface area (Å²) in [7, 11) is -1.11. The molecule has 1 unspecified atom stereocenters. The van der Waals surface area contributed by atoms with Crippen LogP contribution >= 0.6 is 27.3 Å². The van der Waals surface area contributed by atoms with Crippen LogP contribution in [0.1, 0.15) is 10.4 Å². The molecule has 1 atom stereocenters. The van der Waals surface area contributed by atoms with E-state index in [2.05, 4.69) is 15.9 Å². The number of hydrogen-bond donors (Lipinski definition) is 1. The van der Waals surface area contributed by atoms with Crippen molar-refractivity contribution in [2.24, 2.45) is 0 Å². The summed E-state index contributed by atoms with van der Waals surface area (Å²) in [5, 5.41) is 10.6. The van der Waals surface area contributed by atoms with Gasteiger partial charge in [0.15, 0.2) is 0 Å². The first-order valence-corrected chi connectivity index (χ1v) is 8.46. The van der Waals surface area contributed by atoms with E-state index in [4.69, 9.17) is 5.11 Å². The fourth-order valence-electron chi connectivity index (χ4n) is 1.56. The van der Waals surface area contributed by atoms with Crippen LogP contribution in [0, 0.1) is 0 Å². The van der Waals surface area contributed by atoms with Crippen molar-refractivity contribution in [1.29, 1.82) is 0 Å². The van der Waals surface area contributed by atoms with Gasteiger partial charge in [-0.15, -0.1) is 11.3 Å². The van der Waals surface area contributed by atoms with Gasteiger partial charge in [0.05, 0.1) is 23.0 Å². The first-order chi connectivity index (χ1) is 9.06. The predicted octanol–water partition coefficient (Wildman–Crippen LogP) is 3.45. The molecule has 1 aromatic carbocycles. The molecule has 0 bridgehead atoms. The molecule has 2 aromatic rings. The zero-order valence-corrected chi connectivity index (χ0v) is 13.1. The van der Waals surface area contributed by atoms with E-state index < -0.39 is 16.8 Å². The Bertz CT molecular complexity index is 605. The maximum atomic E-state index is 12.2. The number of aliphatic carboxylic acids is 1. The van der Waals surface area contributed by atoms with Gasteiger partial charge in [-0.3, -0.25) is 9.00 Å². The van der Waals surface area contributed by atoms with E-state index in [0.29, 0.717) is 11.3 Å². The predicted molar refractivity (Wildman–Crippen MR) is 79.9 cm³/mol. The van der Waals surface area contributed by atoms with Gasteiger partial charge in [0, 0.05) is 14.2 Å². The average Bonchev–Trinajstić information content (AvgIpc) is 2.75. The van der Waals surface area contributed by atoms with Crippen molar-refractivity contribution in [2.45, 2.75) is 17.1 Å². The van der Waals surface area contributed by atoms with Gasteiger partial charge in [-0.25, -0.2) is 0 Å². The van der Waals surface area contributed by atoms with Gasteiger partial charge < -0.3 is 5.11 Å². The van der Waals surface area contributed by atoms with Crippen LogP contribution in [-0.4, -0.2) is 15.3 Å². The SMILES string of the molecule is O=C(O)Cc1ccc(S(=O)Cc2sccc2Br)cc1. The molecule has 1 aromatic heterocycles. The third-order valence-electron chi connectivity index (χ3n) is 2.49. The second kappa shape index (κ2) is 6.45. The van der Waals surface area contributed by atoms with Crippen molar-refractivity contribution in [2.75, 3.05) is 0 Å². The van der Waals surface area contributed by atoms with Crippen LogP contribution in [0.25, 0.3) is 0 Å². The Morgan fingerprint density at radius 3 is 2.47 bits per heavy atom. The Labute approximate surface area is 125 Å². The van der Waals surface area contributed by atoms with Crippen molar-refractivity contribution in [3.63, 3.8) is 0 Å². The lowest BCUT2D eigenvalue weighted by molar-refractivity contribution is -0.136. The maximum absolute atomic E-state index is 12.2. The van der Waals surface area contributed by atoms with Crippen LogP contribution in [0.3, 0.4) is 0 Å². The van der Waals surface area contributed by atoms with Crippen molar-refractivity contribution in [3.05, 3.63) is 50.6 Å².